The van der Waals surface area contributed by atoms with Crippen molar-refractivity contribution in [3.63, 3.8) is 0 Å². The minimum Gasteiger partial charge on any atom is -0.409 e. The van der Waals surface area contributed by atoms with Crippen LogP contribution in [0.3, 0.4) is 0 Å². The molecule has 0 atom stereocenters. The Kier molecular flexibility index (Phi) is 5.39. The first-order valence-electron chi connectivity index (χ1n) is 7.58. The third-order valence-electron chi connectivity index (χ3n) is 3.75. The molecule has 1 aromatic carbocycles. The van der Waals surface area contributed by atoms with E-state index >= 15 is 0 Å². The molecular weight excluding hydrogens is 282 g/mol. The van der Waals surface area contributed by atoms with E-state index in [0.29, 0.717) is 6.04 Å². The first kappa shape index (κ1) is 16.0. The van der Waals surface area contributed by atoms with Crippen molar-refractivity contribution in [1.82, 2.24) is 0 Å². The summed E-state index contributed by atoms with van der Waals surface area (Å²) < 4.78 is 0. The molecule has 1 aliphatic rings. The van der Waals surface area contributed by atoms with Crippen LogP contribution in [0.5, 0.6) is 0 Å². The van der Waals surface area contributed by atoms with Crippen molar-refractivity contribution in [2.24, 2.45) is 16.8 Å². The van der Waals surface area contributed by atoms with E-state index in [9.17, 15) is 0 Å². The smallest absolute Gasteiger partial charge is 0.173 e. The summed E-state index contributed by atoms with van der Waals surface area (Å²) in [6.45, 7) is 7.54. The number of amidine groups is 1. The van der Waals surface area contributed by atoms with Crippen LogP contribution in [-0.2, 0) is 0 Å². The molecule has 0 amide bonds. The molecule has 0 unspecified atom stereocenters. The topological polar surface area (TPSA) is 61.8 Å². The zero-order valence-corrected chi connectivity index (χ0v) is 13.9. The summed E-state index contributed by atoms with van der Waals surface area (Å²) in [5.74, 6) is 1.94. The highest BCUT2D eigenvalue weighted by molar-refractivity contribution is 7.99. The molecule has 1 fully saturated rings. The van der Waals surface area contributed by atoms with E-state index in [0.717, 1.165) is 34.4 Å². The second-order valence-electron chi connectivity index (χ2n) is 5.76. The molecule has 0 spiro atoms. The molecule has 0 aliphatic heterocycles. The Morgan fingerprint density at radius 1 is 1.48 bits per heavy atom. The number of anilines is 1. The molecule has 3 N–H and O–H groups in total. The van der Waals surface area contributed by atoms with Crippen LogP contribution in [0.4, 0.5) is 5.69 Å². The molecule has 0 saturated heterocycles. The Labute approximate surface area is 131 Å². The molecule has 116 valence electrons. The number of rotatable bonds is 7. The largest absolute Gasteiger partial charge is 0.409 e. The van der Waals surface area contributed by atoms with Crippen molar-refractivity contribution < 1.29 is 5.21 Å². The van der Waals surface area contributed by atoms with Gasteiger partial charge < -0.3 is 15.8 Å². The average molecular weight is 307 g/mol. The van der Waals surface area contributed by atoms with Gasteiger partial charge in [0.15, 0.2) is 5.84 Å². The van der Waals surface area contributed by atoms with Crippen LogP contribution in [0.1, 0.15) is 39.2 Å². The molecule has 21 heavy (non-hydrogen) atoms. The average Bonchev–Trinajstić information content (AvgIpc) is 3.28. The standard InChI is InChI=1S/C16H25N3OS/c1-4-21-14-7-5-6-13(15(14)16(17)18-20)19(11(2)3)10-12-8-9-12/h5-7,11-12,20H,4,8-10H2,1-3H3,(H2,17,18). The Balaban J connectivity index is 2.46. The van der Waals surface area contributed by atoms with Gasteiger partial charge in [-0.15, -0.1) is 11.8 Å². The van der Waals surface area contributed by atoms with Gasteiger partial charge in [0.05, 0.1) is 5.56 Å². The van der Waals surface area contributed by atoms with Gasteiger partial charge in [-0.25, -0.2) is 0 Å². The number of benzene rings is 1. The number of hydrogen-bond donors (Lipinski definition) is 2. The van der Waals surface area contributed by atoms with Crippen molar-refractivity contribution in [2.75, 3.05) is 17.2 Å². The van der Waals surface area contributed by atoms with Crippen LogP contribution in [-0.4, -0.2) is 29.4 Å². The summed E-state index contributed by atoms with van der Waals surface area (Å²) in [5.41, 5.74) is 7.91. The van der Waals surface area contributed by atoms with Gasteiger partial charge in [-0.2, -0.15) is 0 Å². The molecule has 2 rings (SSSR count). The highest BCUT2D eigenvalue weighted by Gasteiger charge is 2.28. The van der Waals surface area contributed by atoms with Crippen molar-refractivity contribution in [3.8, 4) is 0 Å². The second-order valence-corrected chi connectivity index (χ2v) is 7.06. The molecular formula is C16H25N3OS. The van der Waals surface area contributed by atoms with Crippen LogP contribution in [0.15, 0.2) is 28.3 Å². The monoisotopic (exact) mass is 307 g/mol. The molecule has 1 saturated carbocycles. The minimum atomic E-state index is 0.197. The van der Waals surface area contributed by atoms with Crippen LogP contribution < -0.4 is 10.6 Å². The number of thioether (sulfide) groups is 1. The zero-order valence-electron chi connectivity index (χ0n) is 13.0. The fraction of sp³-hybridized carbons (Fsp3) is 0.562. The zero-order chi connectivity index (χ0) is 15.4. The maximum Gasteiger partial charge on any atom is 0.173 e. The molecule has 0 aromatic heterocycles. The number of nitrogens with zero attached hydrogens (tertiary/aromatic N) is 2. The van der Waals surface area contributed by atoms with E-state index in [1.54, 1.807) is 11.8 Å². The van der Waals surface area contributed by atoms with E-state index in [-0.39, 0.29) is 5.84 Å². The predicted molar refractivity (Wildman–Crippen MR) is 90.6 cm³/mol. The van der Waals surface area contributed by atoms with Gasteiger partial charge in [0.25, 0.3) is 0 Å². The number of hydrogen-bond acceptors (Lipinski definition) is 4. The van der Waals surface area contributed by atoms with Gasteiger partial charge in [-0.05, 0) is 50.5 Å². The van der Waals surface area contributed by atoms with E-state index in [1.807, 2.05) is 6.07 Å². The lowest BCUT2D eigenvalue weighted by Crippen LogP contribution is -2.35. The lowest BCUT2D eigenvalue weighted by atomic mass is 10.1. The molecule has 0 radical (unpaired) electrons. The van der Waals surface area contributed by atoms with Crippen molar-refractivity contribution >= 4 is 23.3 Å². The third kappa shape index (κ3) is 3.84. The second kappa shape index (κ2) is 7.07. The highest BCUT2D eigenvalue weighted by Crippen LogP contribution is 2.36. The fourth-order valence-electron chi connectivity index (χ4n) is 2.51. The lowest BCUT2D eigenvalue weighted by Gasteiger charge is -2.31. The third-order valence-corrected chi connectivity index (χ3v) is 4.69. The van der Waals surface area contributed by atoms with E-state index in [2.05, 4.69) is 43.0 Å². The van der Waals surface area contributed by atoms with Gasteiger partial charge in [0.2, 0.25) is 0 Å². The first-order valence-corrected chi connectivity index (χ1v) is 8.57. The number of oxime groups is 1. The number of nitrogens with two attached hydrogens (primary N) is 1. The fourth-order valence-corrected chi connectivity index (χ4v) is 3.35. The van der Waals surface area contributed by atoms with Crippen molar-refractivity contribution in [1.29, 1.82) is 0 Å². The Morgan fingerprint density at radius 2 is 2.19 bits per heavy atom. The van der Waals surface area contributed by atoms with Crippen LogP contribution in [0, 0.1) is 5.92 Å². The maximum absolute atomic E-state index is 9.16. The summed E-state index contributed by atoms with van der Waals surface area (Å²) in [4.78, 5) is 3.46. The summed E-state index contributed by atoms with van der Waals surface area (Å²) in [5, 5.41) is 12.4. The van der Waals surface area contributed by atoms with Gasteiger partial charge in [-0.1, -0.05) is 18.1 Å². The van der Waals surface area contributed by atoms with Gasteiger partial charge >= 0.3 is 0 Å². The highest BCUT2D eigenvalue weighted by atomic mass is 32.2. The van der Waals surface area contributed by atoms with Crippen molar-refractivity contribution in [2.45, 2.75) is 44.6 Å². The van der Waals surface area contributed by atoms with Gasteiger partial charge in [-0.3, -0.25) is 0 Å². The van der Waals surface area contributed by atoms with Crippen LogP contribution in [0.25, 0.3) is 0 Å². The Bertz CT molecular complexity index is 512. The quantitative estimate of drug-likeness (QED) is 0.266. The SMILES string of the molecule is CCSc1cccc(N(CC2CC2)C(C)C)c1/C(N)=N/O. The normalized spacial score (nSPS) is 15.5. The summed E-state index contributed by atoms with van der Waals surface area (Å²) in [6, 6.07) is 6.57. The predicted octanol–water partition coefficient (Wildman–Crippen LogP) is 3.52. The van der Waals surface area contributed by atoms with Crippen LogP contribution >= 0.6 is 11.8 Å². The van der Waals surface area contributed by atoms with Crippen molar-refractivity contribution in [3.05, 3.63) is 23.8 Å². The first-order chi connectivity index (χ1) is 10.1. The summed E-state index contributed by atoms with van der Waals surface area (Å²) >= 11 is 1.72. The Morgan fingerprint density at radius 3 is 2.71 bits per heavy atom. The van der Waals surface area contributed by atoms with E-state index < -0.39 is 0 Å². The molecule has 1 aliphatic carbocycles. The van der Waals surface area contributed by atoms with E-state index in [1.165, 1.54) is 12.8 Å². The van der Waals surface area contributed by atoms with Crippen LogP contribution in [0.2, 0.25) is 0 Å². The summed E-state index contributed by atoms with van der Waals surface area (Å²) in [6.07, 6.45) is 2.62. The molecule has 1 aromatic rings. The molecule has 0 heterocycles. The molecule has 4 nitrogen and oxygen atoms in total. The molecule has 5 heteroatoms. The van der Waals surface area contributed by atoms with E-state index in [4.69, 9.17) is 10.9 Å². The summed E-state index contributed by atoms with van der Waals surface area (Å²) in [7, 11) is 0. The van der Waals surface area contributed by atoms with Gasteiger partial charge in [0.1, 0.15) is 0 Å². The minimum absolute atomic E-state index is 0.197. The Hall–Kier alpha value is -1.36. The molecule has 0 bridgehead atoms. The maximum atomic E-state index is 9.16. The lowest BCUT2D eigenvalue weighted by molar-refractivity contribution is 0.318. The van der Waals surface area contributed by atoms with Gasteiger partial charge in [0, 0.05) is 23.2 Å².